The lowest BCUT2D eigenvalue weighted by molar-refractivity contribution is -0.144. The number of carboxylic acid groups (broad SMARTS) is 1. The Morgan fingerprint density at radius 3 is 3.00 bits per heavy atom. The summed E-state index contributed by atoms with van der Waals surface area (Å²) in [5.74, 6) is -0.589. The maximum atomic E-state index is 11.5. The van der Waals surface area contributed by atoms with E-state index in [1.165, 1.54) is 11.8 Å². The first-order chi connectivity index (χ1) is 11.4. The van der Waals surface area contributed by atoms with Gasteiger partial charge in [-0.1, -0.05) is 11.6 Å². The minimum atomic E-state index is -0.861. The molecule has 24 heavy (non-hydrogen) atoms. The fraction of sp³-hybridized carbons (Fsp3) is 0.533. The Morgan fingerprint density at radius 2 is 2.29 bits per heavy atom. The standard InChI is InChI=1S/C15H18ClN3O4S/c16-8-4-12-14(19-13(21)6-24-12)18-10(8)5-17-9-2-1-7(15(22)23)3-11(9)20/h4,7,9,11,17,20H,1-3,5-6H2,(H,22,23)(H,18,19,21)/t7-,9-,11-/m1/s1. The number of halogens is 1. The van der Waals surface area contributed by atoms with Crippen LogP contribution in [0.3, 0.4) is 0 Å². The number of pyridine rings is 1. The molecule has 1 aliphatic carbocycles. The summed E-state index contributed by atoms with van der Waals surface area (Å²) in [5.41, 5.74) is 0.589. The fourth-order valence-electron chi connectivity index (χ4n) is 2.98. The molecule has 4 N–H and O–H groups in total. The van der Waals surface area contributed by atoms with Crippen LogP contribution in [0.2, 0.25) is 5.02 Å². The first-order valence-electron chi connectivity index (χ1n) is 7.70. The highest BCUT2D eigenvalue weighted by atomic mass is 35.5. The summed E-state index contributed by atoms with van der Waals surface area (Å²) in [6.45, 7) is 0.339. The second-order valence-electron chi connectivity index (χ2n) is 6.00. The van der Waals surface area contributed by atoms with Gasteiger partial charge in [-0.15, -0.1) is 11.8 Å². The summed E-state index contributed by atoms with van der Waals surface area (Å²) in [7, 11) is 0. The normalized spacial score (nSPS) is 26.6. The van der Waals surface area contributed by atoms with Crippen LogP contribution in [0.4, 0.5) is 5.82 Å². The van der Waals surface area contributed by atoms with Gasteiger partial charge in [0.1, 0.15) is 5.82 Å². The van der Waals surface area contributed by atoms with E-state index in [9.17, 15) is 14.7 Å². The highest BCUT2D eigenvalue weighted by molar-refractivity contribution is 8.00. The number of aliphatic hydroxyl groups is 1. The molecule has 0 radical (unpaired) electrons. The molecule has 0 bridgehead atoms. The van der Waals surface area contributed by atoms with Crippen molar-refractivity contribution in [1.29, 1.82) is 0 Å². The van der Waals surface area contributed by atoms with Gasteiger partial charge in [0.15, 0.2) is 0 Å². The average Bonchev–Trinajstić information content (AvgIpc) is 2.54. The first-order valence-corrected chi connectivity index (χ1v) is 9.06. The van der Waals surface area contributed by atoms with Gasteiger partial charge in [0.2, 0.25) is 5.91 Å². The summed E-state index contributed by atoms with van der Waals surface area (Å²) in [6, 6.07) is 1.58. The number of aromatic nitrogens is 1. The van der Waals surface area contributed by atoms with Gasteiger partial charge in [-0.05, 0) is 25.3 Å². The number of aliphatic hydroxyl groups excluding tert-OH is 1. The topological polar surface area (TPSA) is 112 Å². The summed E-state index contributed by atoms with van der Waals surface area (Å²) in [5, 5.41) is 25.6. The maximum Gasteiger partial charge on any atom is 0.306 e. The largest absolute Gasteiger partial charge is 0.481 e. The summed E-state index contributed by atoms with van der Waals surface area (Å²) < 4.78 is 0. The molecule has 1 saturated carbocycles. The van der Waals surface area contributed by atoms with Crippen molar-refractivity contribution >= 4 is 41.1 Å². The number of hydrogen-bond acceptors (Lipinski definition) is 6. The molecule has 0 aromatic carbocycles. The number of carbonyl (C=O) groups excluding carboxylic acids is 1. The Balaban J connectivity index is 1.64. The van der Waals surface area contributed by atoms with Crippen molar-refractivity contribution < 1.29 is 19.8 Å². The molecule has 1 aromatic rings. The van der Waals surface area contributed by atoms with Crippen molar-refractivity contribution in [2.24, 2.45) is 5.92 Å². The van der Waals surface area contributed by atoms with Crippen LogP contribution >= 0.6 is 23.4 Å². The Morgan fingerprint density at radius 1 is 1.50 bits per heavy atom. The molecular weight excluding hydrogens is 354 g/mol. The second kappa shape index (κ2) is 7.26. The molecule has 1 aliphatic heterocycles. The number of amides is 1. The minimum Gasteiger partial charge on any atom is -0.481 e. The van der Waals surface area contributed by atoms with Crippen LogP contribution in [0, 0.1) is 5.92 Å². The third kappa shape index (κ3) is 3.83. The van der Waals surface area contributed by atoms with E-state index in [4.69, 9.17) is 16.7 Å². The van der Waals surface area contributed by atoms with Crippen molar-refractivity contribution in [2.45, 2.75) is 42.8 Å². The van der Waals surface area contributed by atoms with Crippen LogP contribution in [-0.2, 0) is 16.1 Å². The molecule has 1 fully saturated rings. The zero-order valence-corrected chi connectivity index (χ0v) is 14.4. The van der Waals surface area contributed by atoms with Gasteiger partial charge >= 0.3 is 5.97 Å². The minimum absolute atomic E-state index is 0.0938. The number of nitrogens with zero attached hydrogens (tertiary/aromatic N) is 1. The number of thioether (sulfide) groups is 1. The van der Waals surface area contributed by atoms with Crippen molar-refractivity contribution in [3.05, 3.63) is 16.8 Å². The number of anilines is 1. The smallest absolute Gasteiger partial charge is 0.306 e. The van der Waals surface area contributed by atoms with Crippen LogP contribution in [0.15, 0.2) is 11.0 Å². The van der Waals surface area contributed by atoms with Crippen LogP contribution < -0.4 is 10.6 Å². The predicted molar refractivity (Wildman–Crippen MR) is 90.2 cm³/mol. The van der Waals surface area contributed by atoms with Gasteiger partial charge < -0.3 is 20.8 Å². The lowest BCUT2D eigenvalue weighted by Crippen LogP contribution is -2.45. The van der Waals surface area contributed by atoms with Gasteiger partial charge in [-0.2, -0.15) is 0 Å². The molecule has 3 atom stereocenters. The molecule has 1 amide bonds. The fourth-order valence-corrected chi connectivity index (χ4v) is 4.06. The van der Waals surface area contributed by atoms with Crippen LogP contribution in [0.5, 0.6) is 0 Å². The molecule has 3 rings (SSSR count). The van der Waals surface area contributed by atoms with Crippen LogP contribution in [-0.4, -0.2) is 45.0 Å². The number of nitrogens with one attached hydrogen (secondary N) is 2. The lowest BCUT2D eigenvalue weighted by atomic mass is 9.84. The zero-order valence-electron chi connectivity index (χ0n) is 12.8. The first kappa shape index (κ1) is 17.5. The van der Waals surface area contributed by atoms with Crippen LogP contribution in [0.25, 0.3) is 0 Å². The number of rotatable bonds is 4. The molecule has 7 nitrogen and oxygen atoms in total. The number of hydrogen-bond donors (Lipinski definition) is 4. The van der Waals surface area contributed by atoms with Gasteiger partial charge in [0.05, 0.1) is 33.4 Å². The molecule has 0 spiro atoms. The molecule has 1 aromatic heterocycles. The van der Waals surface area contributed by atoms with E-state index in [-0.39, 0.29) is 18.4 Å². The Labute approximate surface area is 148 Å². The molecule has 2 heterocycles. The van der Waals surface area contributed by atoms with Crippen molar-refractivity contribution in [3.63, 3.8) is 0 Å². The monoisotopic (exact) mass is 371 g/mol. The second-order valence-corrected chi connectivity index (χ2v) is 7.43. The molecule has 130 valence electrons. The number of carbonyl (C=O) groups is 2. The van der Waals surface area contributed by atoms with Gasteiger partial charge in [-0.3, -0.25) is 9.59 Å². The van der Waals surface area contributed by atoms with E-state index in [0.717, 1.165) is 4.90 Å². The van der Waals surface area contributed by atoms with Gasteiger partial charge in [0, 0.05) is 12.6 Å². The molecule has 2 aliphatic rings. The maximum absolute atomic E-state index is 11.5. The Kier molecular flexibility index (Phi) is 5.29. The van der Waals surface area contributed by atoms with Gasteiger partial charge in [0.25, 0.3) is 0 Å². The number of aliphatic carboxylic acids is 1. The predicted octanol–water partition coefficient (Wildman–Crippen LogP) is 1.48. The average molecular weight is 372 g/mol. The number of fused-ring (bicyclic) bond motifs is 1. The molecule has 9 heteroatoms. The van der Waals surface area contributed by atoms with Crippen molar-refractivity contribution in [3.8, 4) is 0 Å². The number of carboxylic acids is 1. The quantitative estimate of drug-likeness (QED) is 0.634. The third-order valence-corrected chi connectivity index (χ3v) is 5.68. The Bertz CT molecular complexity index is 672. The van der Waals surface area contributed by atoms with Crippen molar-refractivity contribution in [2.75, 3.05) is 11.1 Å². The van der Waals surface area contributed by atoms with Gasteiger partial charge in [-0.25, -0.2) is 4.98 Å². The van der Waals surface area contributed by atoms with Crippen LogP contribution in [0.1, 0.15) is 25.0 Å². The van der Waals surface area contributed by atoms with E-state index in [2.05, 4.69) is 15.6 Å². The highest BCUT2D eigenvalue weighted by Crippen LogP contribution is 2.33. The molecule has 0 saturated heterocycles. The lowest BCUT2D eigenvalue weighted by Gasteiger charge is -2.32. The summed E-state index contributed by atoms with van der Waals surface area (Å²) >= 11 is 7.64. The highest BCUT2D eigenvalue weighted by Gasteiger charge is 2.32. The summed E-state index contributed by atoms with van der Waals surface area (Å²) in [4.78, 5) is 27.7. The Hall–Kier alpha value is -1.35. The SMILES string of the molecule is O=C1CSc2cc(Cl)c(CN[C@@H]3CC[C@@H](C(=O)O)C[C@H]3O)nc2N1. The summed E-state index contributed by atoms with van der Waals surface area (Å²) in [6.07, 6.45) is 0.631. The molecular formula is C15H18ClN3O4S. The van der Waals surface area contributed by atoms with Crippen molar-refractivity contribution in [1.82, 2.24) is 10.3 Å². The van der Waals surface area contributed by atoms with E-state index in [1.807, 2.05) is 0 Å². The van der Waals surface area contributed by atoms with E-state index in [0.29, 0.717) is 41.7 Å². The third-order valence-electron chi connectivity index (χ3n) is 4.33. The zero-order chi connectivity index (χ0) is 17.3. The van der Waals surface area contributed by atoms with E-state index < -0.39 is 18.0 Å². The van der Waals surface area contributed by atoms with E-state index in [1.54, 1.807) is 6.07 Å². The van der Waals surface area contributed by atoms with E-state index >= 15 is 0 Å². The molecule has 0 unspecified atom stereocenters.